The summed E-state index contributed by atoms with van der Waals surface area (Å²) in [7, 11) is 0. The minimum absolute atomic E-state index is 0.0487. The standard InChI is InChI=1S/C26H34N4O2.C2HF3O2/c27-21(13-19-14-28-22-5-2-1-4-20(19)22)26(32)30-7-3-6-23(30)25(31)29-24-17-9-15-8-16(11-17)12-18(24)10-15;3-2(4,5)1(6)7/h1-2,4-5,14-18,21,23-24,28H,3,6-13,27H2,(H,29,31);(H,6,7)/t15?,16?,17?,18?,21-,23+,24?;/m0./s1. The maximum atomic E-state index is 13.3. The molecular formula is C28H35F3N4O4. The second-order valence-electron chi connectivity index (χ2n) is 11.6. The van der Waals surface area contributed by atoms with Crippen molar-refractivity contribution in [1.82, 2.24) is 15.2 Å². The van der Waals surface area contributed by atoms with Crippen LogP contribution in [-0.4, -0.2) is 63.6 Å². The number of para-hydroxylation sites is 1. The van der Waals surface area contributed by atoms with Crippen molar-refractivity contribution in [1.29, 1.82) is 0 Å². The molecule has 11 heteroatoms. The highest BCUT2D eigenvalue weighted by molar-refractivity contribution is 5.91. The predicted octanol–water partition coefficient (Wildman–Crippen LogP) is 3.60. The summed E-state index contributed by atoms with van der Waals surface area (Å²) in [6.45, 7) is 0.625. The van der Waals surface area contributed by atoms with Crippen molar-refractivity contribution < 1.29 is 32.7 Å². The topological polar surface area (TPSA) is 129 Å². The highest BCUT2D eigenvalue weighted by Crippen LogP contribution is 2.53. The van der Waals surface area contributed by atoms with Crippen LogP contribution in [0.3, 0.4) is 0 Å². The number of likely N-dealkylation sites (tertiary alicyclic amines) is 1. The maximum Gasteiger partial charge on any atom is 0.490 e. The van der Waals surface area contributed by atoms with Crippen molar-refractivity contribution in [2.24, 2.45) is 29.4 Å². The molecule has 4 bridgehead atoms. The number of carboxylic acids is 1. The highest BCUT2D eigenvalue weighted by Gasteiger charge is 2.49. The number of aromatic amines is 1. The van der Waals surface area contributed by atoms with E-state index in [1.807, 2.05) is 24.4 Å². The number of nitrogens with one attached hydrogen (secondary N) is 2. The number of amides is 2. The number of nitrogens with two attached hydrogens (primary N) is 1. The van der Waals surface area contributed by atoms with Crippen LogP contribution < -0.4 is 11.1 Å². The van der Waals surface area contributed by atoms with E-state index < -0.39 is 18.2 Å². The first-order valence-corrected chi connectivity index (χ1v) is 13.7. The van der Waals surface area contributed by atoms with Gasteiger partial charge in [-0.25, -0.2) is 4.79 Å². The number of halogens is 3. The number of nitrogens with zero attached hydrogens (tertiary/aromatic N) is 1. The van der Waals surface area contributed by atoms with Crippen LogP contribution in [0.25, 0.3) is 10.9 Å². The molecule has 212 valence electrons. The van der Waals surface area contributed by atoms with Crippen molar-refractivity contribution in [3.05, 3.63) is 36.0 Å². The summed E-state index contributed by atoms with van der Waals surface area (Å²) in [5, 5.41) is 11.6. The maximum absolute atomic E-state index is 13.3. The molecule has 2 aromatic rings. The summed E-state index contributed by atoms with van der Waals surface area (Å²) >= 11 is 0. The van der Waals surface area contributed by atoms with E-state index in [9.17, 15) is 22.8 Å². The molecule has 1 aromatic carbocycles. The van der Waals surface area contributed by atoms with Gasteiger partial charge in [-0.15, -0.1) is 0 Å². The Morgan fingerprint density at radius 1 is 1.08 bits per heavy atom. The zero-order valence-electron chi connectivity index (χ0n) is 21.6. The lowest BCUT2D eigenvalue weighted by atomic mass is 9.54. The number of H-pyrrole nitrogens is 1. The molecule has 0 unspecified atom stereocenters. The van der Waals surface area contributed by atoms with Crippen LogP contribution in [0.15, 0.2) is 30.5 Å². The monoisotopic (exact) mass is 548 g/mol. The molecule has 5 N–H and O–H groups in total. The van der Waals surface area contributed by atoms with E-state index in [4.69, 9.17) is 15.6 Å². The zero-order chi connectivity index (χ0) is 27.9. The Morgan fingerprint density at radius 3 is 2.31 bits per heavy atom. The van der Waals surface area contributed by atoms with Crippen molar-refractivity contribution in [2.75, 3.05) is 6.54 Å². The van der Waals surface area contributed by atoms with Gasteiger partial charge in [0, 0.05) is 29.7 Å². The van der Waals surface area contributed by atoms with Gasteiger partial charge in [0.2, 0.25) is 11.8 Å². The molecule has 4 saturated carbocycles. The van der Waals surface area contributed by atoms with E-state index in [-0.39, 0.29) is 17.9 Å². The number of benzene rings is 1. The van der Waals surface area contributed by atoms with Crippen LogP contribution in [0.2, 0.25) is 0 Å². The molecule has 2 atom stereocenters. The summed E-state index contributed by atoms with van der Waals surface area (Å²) in [5.41, 5.74) is 8.49. The fraction of sp³-hybridized carbons (Fsp3) is 0.607. The number of carboxylic acid groups (broad SMARTS) is 1. The van der Waals surface area contributed by atoms with Gasteiger partial charge in [-0.05, 0) is 86.7 Å². The molecule has 7 rings (SSSR count). The van der Waals surface area contributed by atoms with E-state index >= 15 is 0 Å². The fourth-order valence-corrected chi connectivity index (χ4v) is 7.56. The van der Waals surface area contributed by atoms with E-state index in [0.717, 1.165) is 41.1 Å². The fourth-order valence-electron chi connectivity index (χ4n) is 7.56. The molecule has 4 aliphatic carbocycles. The van der Waals surface area contributed by atoms with E-state index in [0.29, 0.717) is 30.8 Å². The van der Waals surface area contributed by atoms with Gasteiger partial charge in [0.1, 0.15) is 6.04 Å². The molecule has 5 fully saturated rings. The minimum atomic E-state index is -5.08. The minimum Gasteiger partial charge on any atom is -0.475 e. The number of carbonyl (C=O) groups excluding carboxylic acids is 2. The Hall–Kier alpha value is -3.08. The lowest BCUT2D eigenvalue weighted by Crippen LogP contribution is -2.59. The number of hydrogen-bond acceptors (Lipinski definition) is 4. The normalized spacial score (nSPS) is 30.1. The van der Waals surface area contributed by atoms with Crippen LogP contribution in [0.1, 0.15) is 50.5 Å². The lowest BCUT2D eigenvalue weighted by molar-refractivity contribution is -0.192. The summed E-state index contributed by atoms with van der Waals surface area (Å²) in [5.74, 6) is 0.253. The Labute approximate surface area is 224 Å². The Morgan fingerprint density at radius 2 is 1.69 bits per heavy atom. The zero-order valence-corrected chi connectivity index (χ0v) is 21.6. The van der Waals surface area contributed by atoms with Crippen molar-refractivity contribution in [3.8, 4) is 0 Å². The number of carbonyl (C=O) groups is 3. The van der Waals surface area contributed by atoms with Crippen LogP contribution in [-0.2, 0) is 20.8 Å². The number of aliphatic carboxylic acids is 1. The van der Waals surface area contributed by atoms with Gasteiger partial charge in [0.15, 0.2) is 0 Å². The molecule has 0 spiro atoms. The Bertz CT molecular complexity index is 1200. The summed E-state index contributed by atoms with van der Waals surface area (Å²) in [6, 6.07) is 7.38. The van der Waals surface area contributed by atoms with E-state index in [2.05, 4.69) is 16.4 Å². The summed E-state index contributed by atoms with van der Waals surface area (Å²) in [4.78, 5) is 40.5. The van der Waals surface area contributed by atoms with Gasteiger partial charge in [0.25, 0.3) is 0 Å². The first-order chi connectivity index (χ1) is 18.5. The summed E-state index contributed by atoms with van der Waals surface area (Å²) in [6.07, 6.45) is 5.47. The first kappa shape index (κ1) is 27.5. The van der Waals surface area contributed by atoms with Gasteiger partial charge >= 0.3 is 12.1 Å². The van der Waals surface area contributed by atoms with Crippen LogP contribution in [0.4, 0.5) is 13.2 Å². The van der Waals surface area contributed by atoms with Crippen LogP contribution >= 0.6 is 0 Å². The van der Waals surface area contributed by atoms with Gasteiger partial charge in [-0.2, -0.15) is 13.2 Å². The van der Waals surface area contributed by atoms with Gasteiger partial charge in [-0.1, -0.05) is 18.2 Å². The molecule has 2 heterocycles. The molecule has 1 aromatic heterocycles. The Kier molecular flexibility index (Phi) is 7.63. The quantitative estimate of drug-likeness (QED) is 0.454. The molecule has 2 amide bonds. The number of aromatic nitrogens is 1. The molecule has 1 saturated heterocycles. The first-order valence-electron chi connectivity index (χ1n) is 13.7. The third-order valence-corrected chi connectivity index (χ3v) is 9.05. The lowest BCUT2D eigenvalue weighted by Gasteiger charge is -2.54. The number of hydrogen-bond donors (Lipinski definition) is 4. The van der Waals surface area contributed by atoms with Gasteiger partial charge in [0.05, 0.1) is 6.04 Å². The number of fused-ring (bicyclic) bond motifs is 1. The van der Waals surface area contributed by atoms with E-state index in [1.54, 1.807) is 4.90 Å². The number of alkyl halides is 3. The Balaban J connectivity index is 0.000000392. The molecule has 5 aliphatic rings. The molecular weight excluding hydrogens is 513 g/mol. The van der Waals surface area contributed by atoms with Gasteiger partial charge < -0.3 is 26.0 Å². The van der Waals surface area contributed by atoms with E-state index in [1.165, 1.54) is 32.1 Å². The SMILES string of the molecule is N[C@@H](Cc1c[nH]c2ccccc12)C(=O)N1CCC[C@@H]1C(=O)NC1C2CC3CC(C2)CC1C3.O=C(O)C(F)(F)F. The second kappa shape index (κ2) is 10.8. The predicted molar refractivity (Wildman–Crippen MR) is 137 cm³/mol. The van der Waals surface area contributed by atoms with Crippen LogP contribution in [0, 0.1) is 23.7 Å². The third kappa shape index (κ3) is 5.78. The van der Waals surface area contributed by atoms with Crippen LogP contribution in [0.5, 0.6) is 0 Å². The smallest absolute Gasteiger partial charge is 0.475 e. The second-order valence-corrected chi connectivity index (χ2v) is 11.6. The molecule has 39 heavy (non-hydrogen) atoms. The third-order valence-electron chi connectivity index (χ3n) is 9.05. The highest BCUT2D eigenvalue weighted by atomic mass is 19.4. The van der Waals surface area contributed by atoms with Gasteiger partial charge in [-0.3, -0.25) is 9.59 Å². The molecule has 8 nitrogen and oxygen atoms in total. The number of rotatable bonds is 5. The molecule has 0 radical (unpaired) electrons. The van der Waals surface area contributed by atoms with Crippen molar-refractivity contribution >= 4 is 28.7 Å². The summed E-state index contributed by atoms with van der Waals surface area (Å²) < 4.78 is 31.7. The average molecular weight is 549 g/mol. The molecule has 1 aliphatic heterocycles. The average Bonchev–Trinajstić information content (AvgIpc) is 3.53. The van der Waals surface area contributed by atoms with Crippen molar-refractivity contribution in [3.63, 3.8) is 0 Å². The van der Waals surface area contributed by atoms with Crippen molar-refractivity contribution in [2.45, 2.75) is 75.7 Å². The largest absolute Gasteiger partial charge is 0.490 e.